The maximum atomic E-state index is 10.4. The van der Waals surface area contributed by atoms with Crippen LogP contribution in [-0.4, -0.2) is 42.9 Å². The Morgan fingerprint density at radius 3 is 2.89 bits per heavy atom. The topological polar surface area (TPSA) is 54.0 Å². The Hall–Kier alpha value is -2.24. The summed E-state index contributed by atoms with van der Waals surface area (Å²) >= 11 is 0. The van der Waals surface area contributed by atoms with Crippen molar-refractivity contribution in [2.75, 3.05) is 26.8 Å². The van der Waals surface area contributed by atoms with Gasteiger partial charge in [0.25, 0.3) is 0 Å². The van der Waals surface area contributed by atoms with Crippen molar-refractivity contribution < 1.29 is 14.6 Å². The molecule has 1 aliphatic heterocycles. The molecule has 2 N–H and O–H groups in total. The van der Waals surface area contributed by atoms with E-state index in [9.17, 15) is 5.11 Å². The lowest BCUT2D eigenvalue weighted by atomic mass is 10.0. The van der Waals surface area contributed by atoms with Crippen LogP contribution in [0.3, 0.4) is 0 Å². The summed E-state index contributed by atoms with van der Waals surface area (Å²) in [6.07, 6.45) is 2.33. The molecule has 2 aromatic rings. The van der Waals surface area contributed by atoms with E-state index in [1.54, 1.807) is 13.2 Å². The quantitative estimate of drug-likeness (QED) is 0.744. The van der Waals surface area contributed by atoms with E-state index in [0.29, 0.717) is 24.9 Å². The number of likely N-dealkylation sites (tertiary alicyclic amines) is 1. The molecule has 0 aliphatic carbocycles. The van der Waals surface area contributed by atoms with E-state index in [0.717, 1.165) is 37.4 Å². The van der Waals surface area contributed by atoms with E-state index in [1.807, 2.05) is 31.2 Å². The molecule has 1 heterocycles. The second-order valence-corrected chi connectivity index (χ2v) is 7.00. The molecule has 0 radical (unpaired) electrons. The van der Waals surface area contributed by atoms with Gasteiger partial charge in [0.05, 0.1) is 13.7 Å². The van der Waals surface area contributed by atoms with Gasteiger partial charge in [0.15, 0.2) is 11.5 Å². The predicted octanol–water partition coefficient (Wildman–Crippen LogP) is 3.55. The first kappa shape index (κ1) is 19.5. The molecule has 0 bridgehead atoms. The van der Waals surface area contributed by atoms with Crippen LogP contribution in [0, 0.1) is 0 Å². The Bertz CT molecular complexity index is 735. The third kappa shape index (κ3) is 5.37. The highest BCUT2D eigenvalue weighted by Crippen LogP contribution is 2.30. The molecule has 3 rings (SSSR count). The van der Waals surface area contributed by atoms with Crippen LogP contribution in [0.25, 0.3) is 0 Å². The standard InChI is InChI=1S/C22H30N2O3/c1-3-27-21-11-5-8-18(22(21)25)14-23-19-9-6-12-24(16-19)15-17-7-4-10-20(13-17)26-2/h4-5,7-8,10-11,13,19,23,25H,3,6,9,12,14-16H2,1-2H3. The van der Waals surface area contributed by atoms with E-state index in [2.05, 4.69) is 22.3 Å². The van der Waals surface area contributed by atoms with Gasteiger partial charge >= 0.3 is 0 Å². The maximum absolute atomic E-state index is 10.4. The summed E-state index contributed by atoms with van der Waals surface area (Å²) in [4.78, 5) is 2.48. The minimum Gasteiger partial charge on any atom is -0.504 e. The highest BCUT2D eigenvalue weighted by atomic mass is 16.5. The summed E-state index contributed by atoms with van der Waals surface area (Å²) in [6, 6.07) is 14.4. The van der Waals surface area contributed by atoms with Gasteiger partial charge in [-0.05, 0) is 50.1 Å². The van der Waals surface area contributed by atoms with E-state index in [1.165, 1.54) is 12.0 Å². The molecule has 1 fully saturated rings. The van der Waals surface area contributed by atoms with Crippen LogP contribution >= 0.6 is 0 Å². The highest BCUT2D eigenvalue weighted by Gasteiger charge is 2.20. The second-order valence-electron chi connectivity index (χ2n) is 7.00. The van der Waals surface area contributed by atoms with Gasteiger partial charge in [-0.2, -0.15) is 0 Å². The molecule has 27 heavy (non-hydrogen) atoms. The summed E-state index contributed by atoms with van der Waals surface area (Å²) in [5.74, 6) is 1.71. The maximum Gasteiger partial charge on any atom is 0.162 e. The first-order chi connectivity index (χ1) is 13.2. The number of benzene rings is 2. The van der Waals surface area contributed by atoms with Crippen LogP contribution in [0.15, 0.2) is 42.5 Å². The number of ether oxygens (including phenoxy) is 2. The van der Waals surface area contributed by atoms with Crippen molar-refractivity contribution in [1.29, 1.82) is 0 Å². The van der Waals surface area contributed by atoms with E-state index >= 15 is 0 Å². The summed E-state index contributed by atoms with van der Waals surface area (Å²) in [7, 11) is 1.70. The lowest BCUT2D eigenvalue weighted by molar-refractivity contribution is 0.182. The Morgan fingerprint density at radius 2 is 2.07 bits per heavy atom. The Labute approximate surface area is 161 Å². The minimum absolute atomic E-state index is 0.246. The lowest BCUT2D eigenvalue weighted by Gasteiger charge is -2.33. The number of aromatic hydroxyl groups is 1. The first-order valence-corrected chi connectivity index (χ1v) is 9.72. The molecule has 1 atom stereocenters. The molecule has 0 amide bonds. The van der Waals surface area contributed by atoms with Crippen LogP contribution in [0.2, 0.25) is 0 Å². The van der Waals surface area contributed by atoms with Gasteiger partial charge in [-0.3, -0.25) is 4.90 Å². The fourth-order valence-electron chi connectivity index (χ4n) is 3.63. The number of nitrogens with zero attached hydrogens (tertiary/aromatic N) is 1. The van der Waals surface area contributed by atoms with Crippen molar-refractivity contribution in [2.45, 2.75) is 38.9 Å². The number of methoxy groups -OCH3 is 1. The van der Waals surface area contributed by atoms with Crippen molar-refractivity contribution >= 4 is 0 Å². The van der Waals surface area contributed by atoms with Crippen molar-refractivity contribution in [3.05, 3.63) is 53.6 Å². The van der Waals surface area contributed by atoms with Gasteiger partial charge in [0.1, 0.15) is 5.75 Å². The molecule has 0 saturated carbocycles. The number of piperidine rings is 1. The van der Waals surface area contributed by atoms with Gasteiger partial charge in [-0.25, -0.2) is 0 Å². The third-order valence-corrected chi connectivity index (χ3v) is 5.01. The molecule has 1 saturated heterocycles. The molecule has 1 unspecified atom stereocenters. The van der Waals surface area contributed by atoms with E-state index < -0.39 is 0 Å². The minimum atomic E-state index is 0.246. The number of phenols is 1. The Balaban J connectivity index is 1.55. The van der Waals surface area contributed by atoms with Crippen molar-refractivity contribution in [3.8, 4) is 17.2 Å². The Kier molecular flexibility index (Phi) is 6.96. The van der Waals surface area contributed by atoms with Crippen LogP contribution < -0.4 is 14.8 Å². The van der Waals surface area contributed by atoms with E-state index in [-0.39, 0.29) is 5.75 Å². The number of nitrogens with one attached hydrogen (secondary N) is 1. The Morgan fingerprint density at radius 1 is 1.22 bits per heavy atom. The largest absolute Gasteiger partial charge is 0.504 e. The SMILES string of the molecule is CCOc1cccc(CNC2CCCN(Cc3cccc(OC)c3)C2)c1O. The van der Waals surface area contributed by atoms with Gasteiger partial charge in [-0.15, -0.1) is 0 Å². The van der Waals surface area contributed by atoms with Crippen molar-refractivity contribution in [2.24, 2.45) is 0 Å². The van der Waals surface area contributed by atoms with Crippen LogP contribution in [0.1, 0.15) is 30.9 Å². The molecular weight excluding hydrogens is 340 g/mol. The zero-order chi connectivity index (χ0) is 19.1. The van der Waals surface area contributed by atoms with Gasteiger partial charge in [0.2, 0.25) is 0 Å². The molecule has 5 heteroatoms. The molecular formula is C22H30N2O3. The first-order valence-electron chi connectivity index (χ1n) is 9.72. The molecule has 0 aromatic heterocycles. The number of rotatable bonds is 8. The van der Waals surface area contributed by atoms with E-state index in [4.69, 9.17) is 9.47 Å². The average molecular weight is 370 g/mol. The predicted molar refractivity (Wildman–Crippen MR) is 107 cm³/mol. The summed E-state index contributed by atoms with van der Waals surface area (Å²) in [6.45, 7) is 6.16. The summed E-state index contributed by atoms with van der Waals surface area (Å²) < 4.78 is 10.8. The average Bonchev–Trinajstić information content (AvgIpc) is 2.69. The van der Waals surface area contributed by atoms with Gasteiger partial charge in [0, 0.05) is 31.2 Å². The summed E-state index contributed by atoms with van der Waals surface area (Å²) in [5, 5.41) is 14.0. The van der Waals surface area contributed by atoms with Crippen LogP contribution in [-0.2, 0) is 13.1 Å². The normalized spacial score (nSPS) is 17.6. The van der Waals surface area contributed by atoms with Crippen LogP contribution in [0.4, 0.5) is 0 Å². The second kappa shape index (κ2) is 9.62. The molecule has 2 aromatic carbocycles. The smallest absolute Gasteiger partial charge is 0.162 e. The lowest BCUT2D eigenvalue weighted by Crippen LogP contribution is -2.45. The zero-order valence-electron chi connectivity index (χ0n) is 16.3. The summed E-state index contributed by atoms with van der Waals surface area (Å²) in [5.41, 5.74) is 2.16. The number of hydrogen-bond acceptors (Lipinski definition) is 5. The third-order valence-electron chi connectivity index (χ3n) is 5.01. The van der Waals surface area contributed by atoms with Gasteiger partial charge < -0.3 is 19.9 Å². The highest BCUT2D eigenvalue weighted by molar-refractivity contribution is 5.45. The van der Waals surface area contributed by atoms with Crippen LogP contribution in [0.5, 0.6) is 17.2 Å². The zero-order valence-corrected chi connectivity index (χ0v) is 16.3. The fraction of sp³-hybridized carbons (Fsp3) is 0.455. The molecule has 5 nitrogen and oxygen atoms in total. The number of para-hydroxylation sites is 1. The van der Waals surface area contributed by atoms with Gasteiger partial charge in [-0.1, -0.05) is 24.3 Å². The molecule has 0 spiro atoms. The number of hydrogen-bond donors (Lipinski definition) is 2. The number of phenolic OH excluding ortho intramolecular Hbond substituents is 1. The molecule has 146 valence electrons. The van der Waals surface area contributed by atoms with Crippen molar-refractivity contribution in [1.82, 2.24) is 10.2 Å². The van der Waals surface area contributed by atoms with Crippen molar-refractivity contribution in [3.63, 3.8) is 0 Å². The fourth-order valence-corrected chi connectivity index (χ4v) is 3.63. The monoisotopic (exact) mass is 370 g/mol. The molecule has 1 aliphatic rings.